The molecule has 32 heavy (non-hydrogen) atoms. The summed E-state index contributed by atoms with van der Waals surface area (Å²) >= 11 is 0. The lowest BCUT2D eigenvalue weighted by molar-refractivity contribution is 0.00578. The molecule has 0 bridgehead atoms. The van der Waals surface area contributed by atoms with Gasteiger partial charge in [-0.3, -0.25) is 0 Å². The van der Waals surface area contributed by atoms with Gasteiger partial charge in [-0.05, 0) is 73.0 Å². The topological polar surface area (TPSA) is 85.4 Å². The van der Waals surface area contributed by atoms with E-state index in [1.165, 1.54) is 4.31 Å². The molecule has 1 amide bonds. The van der Waals surface area contributed by atoms with Crippen LogP contribution < -0.4 is 5.46 Å². The normalized spacial score (nSPS) is 23.9. The average molecular weight is 466 g/mol. The number of rotatable bonds is 3. The number of carbonyl (C=O) groups excluding carboxylic acids is 1. The second-order valence-corrected chi connectivity index (χ2v) is 12.4. The lowest BCUT2D eigenvalue weighted by atomic mass is 9.79. The zero-order valence-electron chi connectivity index (χ0n) is 20.3. The number of amides is 1. The molecule has 0 radical (unpaired) electrons. The molecule has 0 unspecified atom stereocenters. The van der Waals surface area contributed by atoms with Crippen molar-refractivity contribution in [3.8, 4) is 0 Å². The van der Waals surface area contributed by atoms with E-state index in [0.29, 0.717) is 5.46 Å². The smallest absolute Gasteiger partial charge is 0.444 e. The van der Waals surface area contributed by atoms with Gasteiger partial charge in [-0.25, -0.2) is 13.2 Å². The number of nitrogens with zero attached hydrogens (tertiary/aromatic N) is 2. The van der Waals surface area contributed by atoms with Crippen molar-refractivity contribution in [3.63, 3.8) is 0 Å². The van der Waals surface area contributed by atoms with Crippen molar-refractivity contribution in [1.29, 1.82) is 0 Å². The summed E-state index contributed by atoms with van der Waals surface area (Å²) in [7, 11) is -4.40. The van der Waals surface area contributed by atoms with Gasteiger partial charge in [0.2, 0.25) is 10.0 Å². The van der Waals surface area contributed by atoms with E-state index < -0.39 is 40.0 Å². The highest BCUT2D eigenvalue weighted by Gasteiger charge is 2.52. The van der Waals surface area contributed by atoms with Gasteiger partial charge in [-0.1, -0.05) is 12.1 Å². The van der Waals surface area contributed by atoms with Gasteiger partial charge in [0.05, 0.1) is 16.1 Å². The van der Waals surface area contributed by atoms with Crippen LogP contribution in [0.25, 0.3) is 0 Å². The molecule has 2 aliphatic heterocycles. The summed E-state index contributed by atoms with van der Waals surface area (Å²) in [5.74, 6) is 0. The molecule has 0 N–H and O–H groups in total. The van der Waals surface area contributed by atoms with E-state index >= 15 is 0 Å². The van der Waals surface area contributed by atoms with Crippen molar-refractivity contribution in [2.24, 2.45) is 0 Å². The summed E-state index contributed by atoms with van der Waals surface area (Å²) in [6.45, 7) is 15.8. The maximum absolute atomic E-state index is 13.4. The highest BCUT2D eigenvalue weighted by Crippen LogP contribution is 2.36. The van der Waals surface area contributed by atoms with Crippen molar-refractivity contribution < 1.29 is 27.3 Å². The largest absolute Gasteiger partial charge is 0.494 e. The first kappa shape index (κ1) is 25.0. The Morgan fingerprint density at radius 1 is 1.12 bits per heavy atom. The highest BCUT2D eigenvalue weighted by atomic mass is 32.2. The number of carbonyl (C=O) groups is 1. The Morgan fingerprint density at radius 2 is 1.72 bits per heavy atom. The SMILES string of the molecule is C[C@H]1CN(C(=O)OC(C)(C)C)CCN1S(=O)(=O)c1cccc(B2OC(C)(C)C(C)(C)O2)c1. The zero-order valence-corrected chi connectivity index (χ0v) is 21.2. The third-order valence-corrected chi connectivity index (χ3v) is 8.22. The van der Waals surface area contributed by atoms with E-state index in [1.807, 2.05) is 54.5 Å². The molecule has 2 aliphatic rings. The first-order valence-corrected chi connectivity index (χ1v) is 12.4. The number of ether oxygens (including phenoxy) is 1. The van der Waals surface area contributed by atoms with Gasteiger partial charge < -0.3 is 18.9 Å². The molecule has 0 aromatic heterocycles. The van der Waals surface area contributed by atoms with Crippen LogP contribution in [-0.2, 0) is 24.1 Å². The number of piperazine rings is 1. The molecule has 2 heterocycles. The summed E-state index contributed by atoms with van der Waals surface area (Å²) in [6.07, 6.45) is -0.427. The number of hydrogen-bond acceptors (Lipinski definition) is 6. The summed E-state index contributed by atoms with van der Waals surface area (Å²) in [4.78, 5) is 14.1. The van der Waals surface area contributed by atoms with Crippen LogP contribution in [0.15, 0.2) is 29.2 Å². The Labute approximate surface area is 192 Å². The van der Waals surface area contributed by atoms with E-state index in [4.69, 9.17) is 14.0 Å². The molecule has 0 saturated carbocycles. The summed E-state index contributed by atoms with van der Waals surface area (Å²) in [5.41, 5.74) is -0.972. The predicted molar refractivity (Wildman–Crippen MR) is 123 cm³/mol. The molecule has 1 atom stereocenters. The maximum Gasteiger partial charge on any atom is 0.494 e. The fraction of sp³-hybridized carbons (Fsp3) is 0.682. The van der Waals surface area contributed by atoms with E-state index in [2.05, 4.69) is 0 Å². The van der Waals surface area contributed by atoms with E-state index in [1.54, 1.807) is 30.0 Å². The first-order valence-electron chi connectivity index (χ1n) is 11.0. The van der Waals surface area contributed by atoms with Gasteiger partial charge in [-0.15, -0.1) is 0 Å². The number of benzene rings is 1. The third kappa shape index (κ3) is 4.98. The molecular formula is C22H35BN2O6S. The quantitative estimate of drug-likeness (QED) is 0.637. The molecule has 0 aliphatic carbocycles. The number of hydrogen-bond donors (Lipinski definition) is 0. The minimum absolute atomic E-state index is 0.183. The Hall–Kier alpha value is -1.62. The minimum Gasteiger partial charge on any atom is -0.444 e. The summed E-state index contributed by atoms with van der Waals surface area (Å²) in [5, 5.41) is 0. The monoisotopic (exact) mass is 466 g/mol. The zero-order chi connectivity index (χ0) is 24.1. The summed E-state index contributed by atoms with van der Waals surface area (Å²) in [6, 6.07) is 6.32. The molecule has 2 saturated heterocycles. The van der Waals surface area contributed by atoms with Crippen LogP contribution in [0.1, 0.15) is 55.4 Å². The first-order chi connectivity index (χ1) is 14.5. The Bertz CT molecular complexity index is 957. The van der Waals surface area contributed by atoms with E-state index in [-0.39, 0.29) is 30.6 Å². The van der Waals surface area contributed by atoms with Gasteiger partial charge >= 0.3 is 13.2 Å². The van der Waals surface area contributed by atoms with Gasteiger partial charge in [0, 0.05) is 25.7 Å². The van der Waals surface area contributed by atoms with Crippen LogP contribution in [0.2, 0.25) is 0 Å². The standard InChI is InChI=1S/C22H35BN2O6S/c1-16-15-24(19(26)29-20(2,3)4)12-13-25(16)32(27,28)18-11-9-10-17(14-18)23-30-21(5,6)22(7,8)31-23/h9-11,14,16H,12-13,15H2,1-8H3/t16-/m0/s1. The van der Waals surface area contributed by atoms with Crippen molar-refractivity contribution in [1.82, 2.24) is 9.21 Å². The maximum atomic E-state index is 13.4. The van der Waals surface area contributed by atoms with Crippen molar-refractivity contribution in [2.45, 2.75) is 83.1 Å². The molecule has 10 heteroatoms. The lowest BCUT2D eigenvalue weighted by Crippen LogP contribution is -2.56. The van der Waals surface area contributed by atoms with Crippen LogP contribution in [0.3, 0.4) is 0 Å². The fourth-order valence-electron chi connectivity index (χ4n) is 3.73. The second kappa shape index (κ2) is 8.31. The van der Waals surface area contributed by atoms with E-state index in [9.17, 15) is 13.2 Å². The number of sulfonamides is 1. The molecule has 1 aromatic rings. The van der Waals surface area contributed by atoms with Crippen molar-refractivity contribution in [2.75, 3.05) is 19.6 Å². The molecule has 3 rings (SSSR count). The van der Waals surface area contributed by atoms with Crippen LogP contribution in [0.4, 0.5) is 4.79 Å². The Kier molecular flexibility index (Phi) is 6.49. The van der Waals surface area contributed by atoms with Crippen LogP contribution >= 0.6 is 0 Å². The molecule has 0 spiro atoms. The van der Waals surface area contributed by atoms with Crippen LogP contribution in [-0.4, -0.2) is 73.3 Å². The second-order valence-electron chi connectivity index (χ2n) is 10.6. The molecule has 178 valence electrons. The van der Waals surface area contributed by atoms with E-state index in [0.717, 1.165) is 0 Å². The van der Waals surface area contributed by atoms with Crippen LogP contribution in [0.5, 0.6) is 0 Å². The molecule has 2 fully saturated rings. The molecule has 8 nitrogen and oxygen atoms in total. The van der Waals surface area contributed by atoms with Crippen molar-refractivity contribution >= 4 is 28.7 Å². The summed E-state index contributed by atoms with van der Waals surface area (Å²) < 4.78 is 45.9. The van der Waals surface area contributed by atoms with Gasteiger partial charge in [0.25, 0.3) is 0 Å². The minimum atomic E-state index is -3.76. The Morgan fingerprint density at radius 3 is 2.25 bits per heavy atom. The van der Waals surface area contributed by atoms with Gasteiger partial charge in [0.15, 0.2) is 0 Å². The third-order valence-electron chi connectivity index (χ3n) is 6.21. The lowest BCUT2D eigenvalue weighted by Gasteiger charge is -2.39. The fourth-order valence-corrected chi connectivity index (χ4v) is 5.40. The van der Waals surface area contributed by atoms with Gasteiger partial charge in [-0.2, -0.15) is 4.31 Å². The Balaban J connectivity index is 1.77. The predicted octanol–water partition coefficient (Wildman–Crippen LogP) is 2.62. The van der Waals surface area contributed by atoms with Crippen LogP contribution in [0, 0.1) is 0 Å². The molecule has 1 aromatic carbocycles. The molecular weight excluding hydrogens is 431 g/mol. The van der Waals surface area contributed by atoms with Gasteiger partial charge in [0.1, 0.15) is 5.60 Å². The average Bonchev–Trinajstić information content (AvgIpc) is 2.87. The van der Waals surface area contributed by atoms with Crippen molar-refractivity contribution in [3.05, 3.63) is 24.3 Å². The highest BCUT2D eigenvalue weighted by molar-refractivity contribution is 7.89.